The number of carbonyl (C=O) groups is 2. The number of nitrogens with one attached hydrogen (secondary N) is 1. The Morgan fingerprint density at radius 1 is 0.929 bits per heavy atom. The highest BCUT2D eigenvalue weighted by atomic mass is 16.5. The largest absolute Gasteiger partial charge is 0.457 e. The number of para-hydroxylation sites is 2. The Morgan fingerprint density at radius 3 is 2.39 bits per heavy atom. The van der Waals surface area contributed by atoms with Gasteiger partial charge in [-0.3, -0.25) is 9.59 Å². The lowest BCUT2D eigenvalue weighted by molar-refractivity contribution is -0.128. The molecule has 0 aliphatic heterocycles. The molecule has 2 amide bonds. The van der Waals surface area contributed by atoms with Crippen LogP contribution in [0, 0.1) is 0 Å². The summed E-state index contributed by atoms with van der Waals surface area (Å²) in [4.78, 5) is 25.9. The van der Waals surface area contributed by atoms with Crippen LogP contribution in [0.1, 0.15) is 22.8 Å². The fraction of sp³-hybridized carbons (Fsp3) is 0.130. The topological polar surface area (TPSA) is 58.6 Å². The Hall–Kier alpha value is -3.60. The fourth-order valence-corrected chi connectivity index (χ4v) is 2.69. The molecule has 5 heteroatoms. The van der Waals surface area contributed by atoms with Crippen molar-refractivity contribution in [2.75, 3.05) is 12.4 Å². The van der Waals surface area contributed by atoms with Crippen molar-refractivity contribution in [2.45, 2.75) is 13.5 Å². The van der Waals surface area contributed by atoms with Crippen molar-refractivity contribution in [3.05, 3.63) is 90.0 Å². The van der Waals surface area contributed by atoms with Gasteiger partial charge in [-0.2, -0.15) is 0 Å². The van der Waals surface area contributed by atoms with E-state index in [1.165, 1.54) is 6.92 Å². The lowest BCUT2D eigenvalue weighted by Crippen LogP contribution is -2.23. The number of ether oxygens (including phenoxy) is 1. The molecule has 3 rings (SSSR count). The number of benzene rings is 3. The van der Waals surface area contributed by atoms with Crippen molar-refractivity contribution in [1.29, 1.82) is 0 Å². The van der Waals surface area contributed by atoms with Crippen LogP contribution >= 0.6 is 0 Å². The van der Waals surface area contributed by atoms with Gasteiger partial charge in [0.1, 0.15) is 11.5 Å². The van der Waals surface area contributed by atoms with Crippen LogP contribution in [-0.2, 0) is 11.3 Å². The van der Waals surface area contributed by atoms with Crippen LogP contribution in [-0.4, -0.2) is 23.8 Å². The number of hydrogen-bond donors (Lipinski definition) is 1. The van der Waals surface area contributed by atoms with E-state index in [0.29, 0.717) is 29.3 Å². The Labute approximate surface area is 164 Å². The van der Waals surface area contributed by atoms with Crippen LogP contribution in [0.3, 0.4) is 0 Å². The SMILES string of the molecule is CC(=O)N(C)Cc1cccc(NC(=O)c2ccccc2Oc2ccccc2)c1. The molecule has 1 N–H and O–H groups in total. The average molecular weight is 374 g/mol. The van der Waals surface area contributed by atoms with E-state index in [1.807, 2.05) is 60.7 Å². The van der Waals surface area contributed by atoms with Crippen LogP contribution in [0.15, 0.2) is 78.9 Å². The predicted octanol–water partition coefficient (Wildman–Crippen LogP) is 4.71. The molecule has 0 aliphatic carbocycles. The second-order valence-electron chi connectivity index (χ2n) is 6.44. The monoisotopic (exact) mass is 374 g/mol. The van der Waals surface area contributed by atoms with Crippen LogP contribution in [0.2, 0.25) is 0 Å². The average Bonchev–Trinajstić information content (AvgIpc) is 2.69. The number of nitrogens with zero attached hydrogens (tertiary/aromatic N) is 1. The first kappa shape index (κ1) is 19.2. The first-order chi connectivity index (χ1) is 13.5. The molecule has 0 radical (unpaired) electrons. The molecular formula is C23H22N2O3. The summed E-state index contributed by atoms with van der Waals surface area (Å²) in [5.41, 5.74) is 2.04. The third kappa shape index (κ3) is 4.98. The van der Waals surface area contributed by atoms with E-state index in [9.17, 15) is 9.59 Å². The van der Waals surface area contributed by atoms with Crippen LogP contribution in [0.4, 0.5) is 5.69 Å². The minimum atomic E-state index is -0.261. The second kappa shape index (κ2) is 8.86. The molecule has 0 spiro atoms. The van der Waals surface area contributed by atoms with Gasteiger partial charge in [-0.05, 0) is 42.0 Å². The molecular weight excluding hydrogens is 352 g/mol. The summed E-state index contributed by atoms with van der Waals surface area (Å²) in [5, 5.41) is 2.90. The number of carbonyl (C=O) groups excluding carboxylic acids is 2. The molecule has 28 heavy (non-hydrogen) atoms. The van der Waals surface area contributed by atoms with Crippen LogP contribution in [0.5, 0.6) is 11.5 Å². The number of hydrogen-bond acceptors (Lipinski definition) is 3. The molecule has 0 bridgehead atoms. The molecule has 0 heterocycles. The number of amides is 2. The van der Waals surface area contributed by atoms with Gasteiger partial charge in [-0.25, -0.2) is 0 Å². The van der Waals surface area contributed by atoms with Crippen molar-refractivity contribution in [3.63, 3.8) is 0 Å². The zero-order chi connectivity index (χ0) is 19.9. The van der Waals surface area contributed by atoms with E-state index in [2.05, 4.69) is 5.32 Å². The van der Waals surface area contributed by atoms with Gasteiger partial charge in [0.2, 0.25) is 5.91 Å². The molecule has 0 saturated carbocycles. The summed E-state index contributed by atoms with van der Waals surface area (Å²) < 4.78 is 5.87. The summed E-state index contributed by atoms with van der Waals surface area (Å²) in [6.07, 6.45) is 0. The molecule has 3 aromatic carbocycles. The Bertz CT molecular complexity index is 970. The van der Waals surface area contributed by atoms with E-state index in [1.54, 1.807) is 30.1 Å². The maximum atomic E-state index is 12.8. The minimum Gasteiger partial charge on any atom is -0.457 e. The molecule has 0 saturated heterocycles. The third-order valence-electron chi connectivity index (χ3n) is 4.24. The Balaban J connectivity index is 1.76. The first-order valence-electron chi connectivity index (χ1n) is 8.97. The second-order valence-corrected chi connectivity index (χ2v) is 6.44. The standard InChI is InChI=1S/C23H22N2O3/c1-17(26)25(2)16-18-9-8-10-19(15-18)24-23(27)21-13-6-7-14-22(21)28-20-11-4-3-5-12-20/h3-15H,16H2,1-2H3,(H,24,27). The van der Waals surface area contributed by atoms with E-state index in [-0.39, 0.29) is 11.8 Å². The molecule has 3 aromatic rings. The van der Waals surface area contributed by atoms with Crippen molar-refractivity contribution in [1.82, 2.24) is 4.90 Å². The molecule has 142 valence electrons. The van der Waals surface area contributed by atoms with E-state index in [0.717, 1.165) is 5.56 Å². The summed E-state index contributed by atoms with van der Waals surface area (Å²) in [6, 6.07) is 23.9. The predicted molar refractivity (Wildman–Crippen MR) is 110 cm³/mol. The van der Waals surface area contributed by atoms with Gasteiger partial charge in [0.05, 0.1) is 5.56 Å². The van der Waals surface area contributed by atoms with Crippen molar-refractivity contribution in [3.8, 4) is 11.5 Å². The number of anilines is 1. The third-order valence-corrected chi connectivity index (χ3v) is 4.24. The molecule has 0 aromatic heterocycles. The van der Waals surface area contributed by atoms with Gasteiger partial charge in [0, 0.05) is 26.2 Å². The highest BCUT2D eigenvalue weighted by Crippen LogP contribution is 2.26. The highest BCUT2D eigenvalue weighted by molar-refractivity contribution is 6.06. The summed E-state index contributed by atoms with van der Waals surface area (Å²) in [6.45, 7) is 2.00. The van der Waals surface area contributed by atoms with Crippen molar-refractivity contribution < 1.29 is 14.3 Å². The molecule has 0 unspecified atom stereocenters. The maximum Gasteiger partial charge on any atom is 0.259 e. The quantitative estimate of drug-likeness (QED) is 0.680. The van der Waals surface area contributed by atoms with Crippen LogP contribution < -0.4 is 10.1 Å². The van der Waals surface area contributed by atoms with Gasteiger partial charge >= 0.3 is 0 Å². The molecule has 0 aliphatic rings. The van der Waals surface area contributed by atoms with Gasteiger partial charge in [0.25, 0.3) is 5.91 Å². The van der Waals surface area contributed by atoms with Crippen LogP contribution in [0.25, 0.3) is 0 Å². The summed E-state index contributed by atoms with van der Waals surface area (Å²) >= 11 is 0. The first-order valence-corrected chi connectivity index (χ1v) is 8.97. The lowest BCUT2D eigenvalue weighted by atomic mass is 10.1. The van der Waals surface area contributed by atoms with E-state index >= 15 is 0 Å². The summed E-state index contributed by atoms with van der Waals surface area (Å²) in [5.74, 6) is 0.876. The van der Waals surface area contributed by atoms with Crippen molar-refractivity contribution in [2.24, 2.45) is 0 Å². The Kier molecular flexibility index (Phi) is 6.07. The zero-order valence-corrected chi connectivity index (χ0v) is 15.9. The molecule has 0 fully saturated rings. The Morgan fingerprint density at radius 2 is 1.64 bits per heavy atom. The lowest BCUT2D eigenvalue weighted by Gasteiger charge is -2.16. The number of rotatable bonds is 6. The van der Waals surface area contributed by atoms with Gasteiger partial charge < -0.3 is 15.0 Å². The highest BCUT2D eigenvalue weighted by Gasteiger charge is 2.13. The van der Waals surface area contributed by atoms with Gasteiger partial charge in [-0.15, -0.1) is 0 Å². The van der Waals surface area contributed by atoms with Gasteiger partial charge in [-0.1, -0.05) is 42.5 Å². The maximum absolute atomic E-state index is 12.8. The smallest absolute Gasteiger partial charge is 0.259 e. The molecule has 5 nitrogen and oxygen atoms in total. The van der Waals surface area contributed by atoms with E-state index < -0.39 is 0 Å². The minimum absolute atomic E-state index is 0.0126. The zero-order valence-electron chi connectivity index (χ0n) is 15.9. The van der Waals surface area contributed by atoms with E-state index in [4.69, 9.17) is 4.74 Å². The normalized spacial score (nSPS) is 10.2. The fourth-order valence-electron chi connectivity index (χ4n) is 2.69. The van der Waals surface area contributed by atoms with Gasteiger partial charge in [0.15, 0.2) is 0 Å². The summed E-state index contributed by atoms with van der Waals surface area (Å²) in [7, 11) is 1.74. The van der Waals surface area contributed by atoms with Crippen molar-refractivity contribution >= 4 is 17.5 Å². The molecule has 0 atom stereocenters.